The monoisotopic (exact) mass is 280 g/mol. The van der Waals surface area contributed by atoms with Crippen molar-refractivity contribution in [2.75, 3.05) is 0 Å². The van der Waals surface area contributed by atoms with Crippen LogP contribution in [0.2, 0.25) is 5.02 Å². The fourth-order valence-corrected chi connectivity index (χ4v) is 3.48. The van der Waals surface area contributed by atoms with E-state index in [9.17, 15) is 0 Å². The highest BCUT2D eigenvalue weighted by Crippen LogP contribution is 2.36. The molecule has 1 aromatic carbocycles. The van der Waals surface area contributed by atoms with Gasteiger partial charge in [-0.2, -0.15) is 0 Å². The third-order valence-corrected chi connectivity index (χ3v) is 4.87. The number of hydrogen-bond acceptors (Lipinski definition) is 3. The van der Waals surface area contributed by atoms with Crippen molar-refractivity contribution in [3.8, 4) is 0 Å². The fourth-order valence-electron chi connectivity index (χ4n) is 2.10. The molecule has 0 aliphatic rings. The van der Waals surface area contributed by atoms with Crippen molar-refractivity contribution in [1.29, 1.82) is 0 Å². The van der Waals surface area contributed by atoms with Crippen molar-refractivity contribution in [2.45, 2.75) is 26.8 Å². The Kier molecular flexibility index (Phi) is 4.07. The van der Waals surface area contributed by atoms with Crippen molar-refractivity contribution >= 4 is 22.9 Å². The molecular formula is C14H17ClN2S. The standard InChI is InChI=1S/C14H17ClN2S/c1-8-4-5-11(9(2)6-8)13(17-16)14-12(15)10(3)7-18-14/h4-7,13,17H,16H2,1-3H3. The molecule has 1 heterocycles. The van der Waals surface area contributed by atoms with Crippen LogP contribution >= 0.6 is 22.9 Å². The number of rotatable bonds is 3. The smallest absolute Gasteiger partial charge is 0.0820 e. The molecule has 4 heteroatoms. The molecule has 2 aromatic rings. The zero-order valence-corrected chi connectivity index (χ0v) is 12.3. The molecule has 0 bridgehead atoms. The van der Waals surface area contributed by atoms with Crippen LogP contribution in [0.1, 0.15) is 33.2 Å². The summed E-state index contributed by atoms with van der Waals surface area (Å²) in [6.07, 6.45) is 0. The number of hydrazine groups is 1. The molecule has 18 heavy (non-hydrogen) atoms. The number of thiophene rings is 1. The van der Waals surface area contributed by atoms with Gasteiger partial charge in [-0.25, -0.2) is 5.43 Å². The predicted molar refractivity (Wildman–Crippen MR) is 79.1 cm³/mol. The Balaban J connectivity index is 2.48. The van der Waals surface area contributed by atoms with Gasteiger partial charge in [-0.15, -0.1) is 11.3 Å². The second-order valence-corrected chi connectivity index (χ2v) is 5.85. The van der Waals surface area contributed by atoms with Crippen LogP contribution in [-0.4, -0.2) is 0 Å². The Morgan fingerprint density at radius 3 is 2.44 bits per heavy atom. The van der Waals surface area contributed by atoms with E-state index in [0.717, 1.165) is 15.5 Å². The zero-order valence-electron chi connectivity index (χ0n) is 10.8. The highest BCUT2D eigenvalue weighted by molar-refractivity contribution is 7.10. The molecule has 1 unspecified atom stereocenters. The van der Waals surface area contributed by atoms with Crippen molar-refractivity contribution in [3.63, 3.8) is 0 Å². The van der Waals surface area contributed by atoms with Crippen LogP contribution in [-0.2, 0) is 0 Å². The topological polar surface area (TPSA) is 38.0 Å². The first-order chi connectivity index (χ1) is 8.54. The largest absolute Gasteiger partial charge is 0.271 e. The van der Waals surface area contributed by atoms with E-state index in [1.807, 2.05) is 6.92 Å². The van der Waals surface area contributed by atoms with E-state index in [-0.39, 0.29) is 6.04 Å². The predicted octanol–water partition coefficient (Wildman–Crippen LogP) is 3.88. The van der Waals surface area contributed by atoms with Gasteiger partial charge in [-0.05, 0) is 42.8 Å². The molecule has 0 amide bonds. The molecule has 0 fully saturated rings. The third-order valence-electron chi connectivity index (χ3n) is 3.09. The molecule has 0 aliphatic carbocycles. The van der Waals surface area contributed by atoms with Gasteiger partial charge < -0.3 is 0 Å². The van der Waals surface area contributed by atoms with E-state index < -0.39 is 0 Å². The summed E-state index contributed by atoms with van der Waals surface area (Å²) in [5.74, 6) is 5.72. The van der Waals surface area contributed by atoms with Gasteiger partial charge in [0.25, 0.3) is 0 Å². The van der Waals surface area contributed by atoms with E-state index in [2.05, 4.69) is 42.9 Å². The van der Waals surface area contributed by atoms with Crippen molar-refractivity contribution in [3.05, 3.63) is 55.7 Å². The zero-order chi connectivity index (χ0) is 13.3. The summed E-state index contributed by atoms with van der Waals surface area (Å²) in [6, 6.07) is 6.33. The lowest BCUT2D eigenvalue weighted by Crippen LogP contribution is -2.29. The van der Waals surface area contributed by atoms with Crippen LogP contribution in [0.5, 0.6) is 0 Å². The molecule has 2 rings (SSSR count). The molecule has 0 saturated heterocycles. The van der Waals surface area contributed by atoms with Gasteiger partial charge in [-0.1, -0.05) is 35.4 Å². The van der Waals surface area contributed by atoms with E-state index in [4.69, 9.17) is 17.4 Å². The number of hydrogen-bond donors (Lipinski definition) is 2. The molecule has 0 radical (unpaired) electrons. The van der Waals surface area contributed by atoms with Gasteiger partial charge in [0, 0.05) is 4.88 Å². The summed E-state index contributed by atoms with van der Waals surface area (Å²) in [7, 11) is 0. The number of halogens is 1. The maximum atomic E-state index is 6.33. The molecule has 96 valence electrons. The average Bonchev–Trinajstić information content (AvgIpc) is 2.65. The van der Waals surface area contributed by atoms with E-state index in [1.165, 1.54) is 16.7 Å². The first-order valence-electron chi connectivity index (χ1n) is 5.81. The van der Waals surface area contributed by atoms with Crippen LogP contribution in [0.25, 0.3) is 0 Å². The Hall–Kier alpha value is -0.870. The summed E-state index contributed by atoms with van der Waals surface area (Å²) >= 11 is 7.97. The summed E-state index contributed by atoms with van der Waals surface area (Å²) < 4.78 is 0. The highest BCUT2D eigenvalue weighted by atomic mass is 35.5. The average molecular weight is 281 g/mol. The van der Waals surface area contributed by atoms with E-state index in [0.29, 0.717) is 0 Å². The molecular weight excluding hydrogens is 264 g/mol. The van der Waals surface area contributed by atoms with E-state index in [1.54, 1.807) is 11.3 Å². The lowest BCUT2D eigenvalue weighted by molar-refractivity contribution is 0.643. The van der Waals surface area contributed by atoms with Crippen molar-refractivity contribution in [1.82, 2.24) is 5.43 Å². The summed E-state index contributed by atoms with van der Waals surface area (Å²) in [5, 5.41) is 2.87. The van der Waals surface area contributed by atoms with Crippen LogP contribution < -0.4 is 11.3 Å². The van der Waals surface area contributed by atoms with Gasteiger partial charge in [0.1, 0.15) is 0 Å². The van der Waals surface area contributed by atoms with Gasteiger partial charge in [-0.3, -0.25) is 5.84 Å². The third kappa shape index (κ3) is 2.45. The van der Waals surface area contributed by atoms with Gasteiger partial charge in [0.05, 0.1) is 11.1 Å². The van der Waals surface area contributed by atoms with Crippen LogP contribution in [0, 0.1) is 20.8 Å². The lowest BCUT2D eigenvalue weighted by atomic mass is 9.98. The molecule has 0 aliphatic heterocycles. The Morgan fingerprint density at radius 2 is 1.94 bits per heavy atom. The lowest BCUT2D eigenvalue weighted by Gasteiger charge is -2.18. The number of benzene rings is 1. The Morgan fingerprint density at radius 1 is 1.22 bits per heavy atom. The minimum atomic E-state index is -0.0446. The van der Waals surface area contributed by atoms with Crippen molar-refractivity contribution in [2.24, 2.45) is 5.84 Å². The molecule has 1 atom stereocenters. The highest BCUT2D eigenvalue weighted by Gasteiger charge is 2.20. The molecule has 2 nitrogen and oxygen atoms in total. The molecule has 0 spiro atoms. The number of nitrogens with one attached hydrogen (secondary N) is 1. The minimum Gasteiger partial charge on any atom is -0.271 e. The SMILES string of the molecule is Cc1ccc(C(NN)c2scc(C)c2Cl)c(C)c1. The molecule has 0 saturated carbocycles. The minimum absolute atomic E-state index is 0.0446. The quantitative estimate of drug-likeness (QED) is 0.661. The maximum Gasteiger partial charge on any atom is 0.0820 e. The summed E-state index contributed by atoms with van der Waals surface area (Å²) in [4.78, 5) is 1.07. The summed E-state index contributed by atoms with van der Waals surface area (Å²) in [6.45, 7) is 6.20. The van der Waals surface area contributed by atoms with Crippen molar-refractivity contribution < 1.29 is 0 Å². The number of nitrogens with two attached hydrogens (primary N) is 1. The fraction of sp³-hybridized carbons (Fsp3) is 0.286. The Bertz CT molecular complexity index is 563. The van der Waals surface area contributed by atoms with Gasteiger partial charge >= 0.3 is 0 Å². The first kappa shape index (κ1) is 13.6. The first-order valence-corrected chi connectivity index (χ1v) is 7.07. The maximum absolute atomic E-state index is 6.33. The molecule has 3 N–H and O–H groups in total. The van der Waals surface area contributed by atoms with Gasteiger partial charge in [0.2, 0.25) is 0 Å². The second-order valence-electron chi connectivity index (χ2n) is 4.56. The second kappa shape index (κ2) is 5.41. The van der Waals surface area contributed by atoms with Crippen LogP contribution in [0.4, 0.5) is 0 Å². The molecule has 1 aromatic heterocycles. The summed E-state index contributed by atoms with van der Waals surface area (Å²) in [5.41, 5.74) is 7.62. The van der Waals surface area contributed by atoms with Crippen LogP contribution in [0.3, 0.4) is 0 Å². The van der Waals surface area contributed by atoms with Crippen LogP contribution in [0.15, 0.2) is 23.6 Å². The number of aryl methyl sites for hydroxylation is 3. The normalized spacial score (nSPS) is 12.7. The Labute approximate surface area is 117 Å². The van der Waals surface area contributed by atoms with Gasteiger partial charge in [0.15, 0.2) is 0 Å². The van der Waals surface area contributed by atoms with E-state index >= 15 is 0 Å².